The minimum Gasteiger partial charge on any atom is -0.385 e. The third kappa shape index (κ3) is 2.43. The van der Waals surface area contributed by atoms with Crippen molar-refractivity contribution < 1.29 is 0 Å². The van der Waals surface area contributed by atoms with Gasteiger partial charge in [-0.3, -0.25) is 0 Å². The van der Waals surface area contributed by atoms with E-state index in [-0.39, 0.29) is 0 Å². The standard InChI is InChI=1S/C15H16N/c1-3-16-15-10-8-14(9-11-15)13-6-4-12(2)5-7-13/h4-11,16H,2-3H2,1H3. The van der Waals surface area contributed by atoms with Crippen LogP contribution < -0.4 is 5.32 Å². The Hall–Kier alpha value is -1.76. The number of benzene rings is 2. The lowest BCUT2D eigenvalue weighted by Gasteiger charge is -2.05. The molecular formula is C15H16N. The molecule has 1 nitrogen and oxygen atoms in total. The summed E-state index contributed by atoms with van der Waals surface area (Å²) in [6, 6.07) is 16.8. The maximum absolute atomic E-state index is 3.88. The SMILES string of the molecule is [CH2]c1ccc(-c2ccc(NCC)cc2)cc1. The van der Waals surface area contributed by atoms with E-state index in [4.69, 9.17) is 0 Å². The topological polar surface area (TPSA) is 12.0 Å². The Morgan fingerprint density at radius 3 is 1.88 bits per heavy atom. The van der Waals surface area contributed by atoms with Crippen LogP contribution in [0.15, 0.2) is 48.5 Å². The molecule has 0 heterocycles. The van der Waals surface area contributed by atoms with Gasteiger partial charge in [-0.05, 0) is 42.7 Å². The van der Waals surface area contributed by atoms with Gasteiger partial charge in [-0.2, -0.15) is 0 Å². The normalized spacial score (nSPS) is 10.1. The van der Waals surface area contributed by atoms with Gasteiger partial charge in [0.15, 0.2) is 0 Å². The summed E-state index contributed by atoms with van der Waals surface area (Å²) >= 11 is 0. The quantitative estimate of drug-likeness (QED) is 0.808. The fourth-order valence-electron chi connectivity index (χ4n) is 1.68. The van der Waals surface area contributed by atoms with Crippen LogP contribution in [0.25, 0.3) is 11.1 Å². The van der Waals surface area contributed by atoms with Crippen molar-refractivity contribution in [3.05, 3.63) is 61.0 Å². The van der Waals surface area contributed by atoms with E-state index in [9.17, 15) is 0 Å². The van der Waals surface area contributed by atoms with Crippen LogP contribution in [-0.4, -0.2) is 6.54 Å². The Kier molecular flexibility index (Phi) is 3.25. The van der Waals surface area contributed by atoms with Gasteiger partial charge in [-0.25, -0.2) is 0 Å². The van der Waals surface area contributed by atoms with E-state index in [0.29, 0.717) is 0 Å². The zero-order valence-corrected chi connectivity index (χ0v) is 9.53. The Labute approximate surface area is 97.1 Å². The highest BCUT2D eigenvalue weighted by Crippen LogP contribution is 2.21. The molecule has 0 unspecified atom stereocenters. The third-order valence-corrected chi connectivity index (χ3v) is 2.55. The van der Waals surface area contributed by atoms with Crippen molar-refractivity contribution >= 4 is 5.69 Å². The predicted octanol–water partition coefficient (Wildman–Crippen LogP) is 3.97. The molecule has 1 N–H and O–H groups in total. The molecule has 0 saturated heterocycles. The van der Waals surface area contributed by atoms with Crippen LogP contribution in [0, 0.1) is 6.92 Å². The summed E-state index contributed by atoms with van der Waals surface area (Å²) in [6.07, 6.45) is 0. The summed E-state index contributed by atoms with van der Waals surface area (Å²) in [7, 11) is 0. The van der Waals surface area contributed by atoms with Crippen LogP contribution in [0.4, 0.5) is 5.69 Å². The van der Waals surface area contributed by atoms with Crippen molar-refractivity contribution in [2.24, 2.45) is 0 Å². The Balaban J connectivity index is 2.24. The zero-order valence-electron chi connectivity index (χ0n) is 9.53. The van der Waals surface area contributed by atoms with Gasteiger partial charge < -0.3 is 5.32 Å². The summed E-state index contributed by atoms with van der Waals surface area (Å²) in [5.41, 5.74) is 4.69. The minimum atomic E-state index is 0.954. The molecule has 0 amide bonds. The lowest BCUT2D eigenvalue weighted by Crippen LogP contribution is -1.95. The molecule has 2 rings (SSSR count). The molecule has 0 saturated carbocycles. The molecule has 0 aliphatic heterocycles. The van der Waals surface area contributed by atoms with Gasteiger partial charge in [0.25, 0.3) is 0 Å². The Bertz CT molecular complexity index is 440. The van der Waals surface area contributed by atoms with E-state index in [2.05, 4.69) is 55.6 Å². The molecule has 0 fully saturated rings. The van der Waals surface area contributed by atoms with Gasteiger partial charge >= 0.3 is 0 Å². The van der Waals surface area contributed by atoms with E-state index < -0.39 is 0 Å². The predicted molar refractivity (Wildman–Crippen MR) is 70.5 cm³/mol. The van der Waals surface area contributed by atoms with Gasteiger partial charge in [0.05, 0.1) is 0 Å². The second kappa shape index (κ2) is 4.84. The van der Waals surface area contributed by atoms with Crippen LogP contribution in [0.5, 0.6) is 0 Å². The van der Waals surface area contributed by atoms with Crippen molar-refractivity contribution in [2.45, 2.75) is 6.92 Å². The van der Waals surface area contributed by atoms with Gasteiger partial charge in [0, 0.05) is 12.2 Å². The van der Waals surface area contributed by atoms with Crippen molar-refractivity contribution in [1.29, 1.82) is 0 Å². The van der Waals surface area contributed by atoms with Crippen LogP contribution >= 0.6 is 0 Å². The van der Waals surface area contributed by atoms with Crippen LogP contribution in [-0.2, 0) is 0 Å². The molecule has 2 aromatic rings. The lowest BCUT2D eigenvalue weighted by atomic mass is 10.0. The van der Waals surface area contributed by atoms with Crippen LogP contribution in [0.1, 0.15) is 12.5 Å². The molecule has 1 heteroatoms. The van der Waals surface area contributed by atoms with E-state index in [1.807, 2.05) is 12.1 Å². The maximum atomic E-state index is 3.88. The summed E-state index contributed by atoms with van der Waals surface area (Å²) in [5, 5.41) is 3.29. The molecule has 1 radical (unpaired) electrons. The number of anilines is 1. The summed E-state index contributed by atoms with van der Waals surface area (Å²) in [4.78, 5) is 0. The Morgan fingerprint density at radius 1 is 0.875 bits per heavy atom. The van der Waals surface area contributed by atoms with E-state index >= 15 is 0 Å². The highest BCUT2D eigenvalue weighted by molar-refractivity contribution is 5.66. The fourth-order valence-corrected chi connectivity index (χ4v) is 1.68. The lowest BCUT2D eigenvalue weighted by molar-refractivity contribution is 1.21. The first kappa shape index (κ1) is 10.7. The molecule has 0 aliphatic carbocycles. The number of hydrogen-bond acceptors (Lipinski definition) is 1. The average Bonchev–Trinajstić information content (AvgIpc) is 2.32. The number of hydrogen-bond donors (Lipinski definition) is 1. The summed E-state index contributed by atoms with van der Waals surface area (Å²) in [6.45, 7) is 6.94. The van der Waals surface area contributed by atoms with Gasteiger partial charge in [-0.1, -0.05) is 36.4 Å². The molecule has 16 heavy (non-hydrogen) atoms. The van der Waals surface area contributed by atoms with E-state index in [0.717, 1.165) is 12.1 Å². The smallest absolute Gasteiger partial charge is 0.0340 e. The fraction of sp³-hybridized carbons (Fsp3) is 0.133. The van der Waals surface area contributed by atoms with E-state index in [1.165, 1.54) is 16.8 Å². The Morgan fingerprint density at radius 2 is 1.38 bits per heavy atom. The number of nitrogens with one attached hydrogen (secondary N) is 1. The largest absolute Gasteiger partial charge is 0.385 e. The van der Waals surface area contributed by atoms with Crippen molar-refractivity contribution in [3.63, 3.8) is 0 Å². The summed E-state index contributed by atoms with van der Waals surface area (Å²) in [5.74, 6) is 0. The average molecular weight is 210 g/mol. The number of rotatable bonds is 3. The molecule has 0 atom stereocenters. The third-order valence-electron chi connectivity index (χ3n) is 2.55. The molecule has 0 aromatic heterocycles. The van der Waals surface area contributed by atoms with Crippen molar-refractivity contribution in [3.8, 4) is 11.1 Å². The first-order valence-corrected chi connectivity index (χ1v) is 5.56. The maximum Gasteiger partial charge on any atom is 0.0340 e. The van der Waals surface area contributed by atoms with Gasteiger partial charge in [-0.15, -0.1) is 0 Å². The second-order valence-electron chi connectivity index (χ2n) is 3.80. The molecule has 2 aromatic carbocycles. The second-order valence-corrected chi connectivity index (χ2v) is 3.80. The minimum absolute atomic E-state index is 0.954. The van der Waals surface area contributed by atoms with Crippen LogP contribution in [0.2, 0.25) is 0 Å². The van der Waals surface area contributed by atoms with Crippen LogP contribution in [0.3, 0.4) is 0 Å². The first-order valence-electron chi connectivity index (χ1n) is 5.56. The summed E-state index contributed by atoms with van der Waals surface area (Å²) < 4.78 is 0. The molecule has 81 valence electrons. The molecular weight excluding hydrogens is 194 g/mol. The van der Waals surface area contributed by atoms with Crippen molar-refractivity contribution in [2.75, 3.05) is 11.9 Å². The van der Waals surface area contributed by atoms with Gasteiger partial charge in [0.1, 0.15) is 0 Å². The molecule has 0 aliphatic rings. The highest BCUT2D eigenvalue weighted by atomic mass is 14.8. The zero-order chi connectivity index (χ0) is 11.4. The van der Waals surface area contributed by atoms with Crippen molar-refractivity contribution in [1.82, 2.24) is 0 Å². The van der Waals surface area contributed by atoms with Gasteiger partial charge in [0.2, 0.25) is 0 Å². The highest BCUT2D eigenvalue weighted by Gasteiger charge is 1.97. The molecule has 0 bridgehead atoms. The molecule has 0 spiro atoms. The first-order chi connectivity index (χ1) is 7.79. The van der Waals surface area contributed by atoms with E-state index in [1.54, 1.807) is 0 Å². The monoisotopic (exact) mass is 210 g/mol.